The van der Waals surface area contributed by atoms with Gasteiger partial charge in [-0.3, -0.25) is 0 Å². The first-order valence-corrected chi connectivity index (χ1v) is 5.88. The second-order valence-corrected chi connectivity index (χ2v) is 4.62. The van der Waals surface area contributed by atoms with Gasteiger partial charge in [-0.05, 0) is 17.5 Å². The second-order valence-electron chi connectivity index (χ2n) is 4.62. The van der Waals surface area contributed by atoms with Gasteiger partial charge in [-0.1, -0.05) is 60.7 Å². The van der Waals surface area contributed by atoms with Gasteiger partial charge < -0.3 is 0 Å². The highest BCUT2D eigenvalue weighted by molar-refractivity contribution is 5.49. The van der Waals surface area contributed by atoms with Crippen molar-refractivity contribution in [1.82, 2.24) is 0 Å². The molecule has 2 atom stereocenters. The summed E-state index contributed by atoms with van der Waals surface area (Å²) in [5.41, 5.74) is 2.14. The van der Waals surface area contributed by atoms with E-state index in [0.717, 1.165) is 12.0 Å². The van der Waals surface area contributed by atoms with E-state index in [0.29, 0.717) is 5.92 Å². The van der Waals surface area contributed by atoms with E-state index in [1.807, 2.05) is 36.4 Å². The van der Waals surface area contributed by atoms with Crippen LogP contribution in [0.15, 0.2) is 60.7 Å². The fourth-order valence-corrected chi connectivity index (χ4v) is 2.59. The molecule has 1 fully saturated rings. The summed E-state index contributed by atoms with van der Waals surface area (Å²) in [7, 11) is 0. The molecule has 0 aromatic heterocycles. The normalized spacial score (nSPS) is 26.2. The molecule has 2 aromatic carbocycles. The zero-order valence-corrected chi connectivity index (χ0v) is 9.51. The Labute approximate surface area is 101 Å². The van der Waals surface area contributed by atoms with Crippen LogP contribution in [0.4, 0.5) is 0 Å². The van der Waals surface area contributed by atoms with Crippen molar-refractivity contribution in [3.8, 4) is 6.07 Å². The molecule has 0 bridgehead atoms. The fourth-order valence-electron chi connectivity index (χ4n) is 2.59. The van der Waals surface area contributed by atoms with Crippen LogP contribution in [0.25, 0.3) is 0 Å². The average molecular weight is 219 g/mol. The van der Waals surface area contributed by atoms with Crippen LogP contribution in [-0.4, -0.2) is 0 Å². The molecule has 17 heavy (non-hydrogen) atoms. The lowest BCUT2D eigenvalue weighted by molar-refractivity contribution is 0.856. The Kier molecular flexibility index (Phi) is 2.23. The van der Waals surface area contributed by atoms with Gasteiger partial charge in [-0.15, -0.1) is 0 Å². The molecule has 0 amide bonds. The summed E-state index contributed by atoms with van der Waals surface area (Å²) in [6.45, 7) is 0. The molecule has 2 aromatic rings. The maximum Gasteiger partial charge on any atom is 0.0897 e. The molecule has 0 N–H and O–H groups in total. The van der Waals surface area contributed by atoms with Crippen LogP contribution in [0.3, 0.4) is 0 Å². The molecular formula is C16H13N. The number of hydrogen-bond acceptors (Lipinski definition) is 1. The van der Waals surface area contributed by atoms with Crippen molar-refractivity contribution in [2.75, 3.05) is 0 Å². The van der Waals surface area contributed by atoms with Gasteiger partial charge in [0.25, 0.3) is 0 Å². The van der Waals surface area contributed by atoms with Crippen LogP contribution in [0.1, 0.15) is 23.5 Å². The molecule has 0 aliphatic heterocycles. The van der Waals surface area contributed by atoms with E-state index in [1.54, 1.807) is 0 Å². The van der Waals surface area contributed by atoms with Crippen LogP contribution < -0.4 is 0 Å². The summed E-state index contributed by atoms with van der Waals surface area (Å²) in [5, 5.41) is 9.49. The minimum Gasteiger partial charge on any atom is -0.197 e. The van der Waals surface area contributed by atoms with Crippen molar-refractivity contribution in [3.63, 3.8) is 0 Å². The summed E-state index contributed by atoms with van der Waals surface area (Å²) < 4.78 is 0. The minimum absolute atomic E-state index is 0.289. The van der Waals surface area contributed by atoms with Crippen LogP contribution in [0.2, 0.25) is 0 Å². The molecule has 0 heterocycles. The predicted molar refractivity (Wildman–Crippen MR) is 67.5 cm³/mol. The third kappa shape index (κ3) is 1.54. The Balaban J connectivity index is 1.97. The molecule has 1 heteroatoms. The number of hydrogen-bond donors (Lipinski definition) is 0. The highest BCUT2D eigenvalue weighted by atomic mass is 14.6. The number of rotatable bonds is 2. The lowest BCUT2D eigenvalue weighted by Crippen LogP contribution is -2.05. The second kappa shape index (κ2) is 3.75. The van der Waals surface area contributed by atoms with Gasteiger partial charge in [0.15, 0.2) is 0 Å². The minimum atomic E-state index is -0.289. The first-order chi connectivity index (χ1) is 8.37. The molecule has 2 unspecified atom stereocenters. The van der Waals surface area contributed by atoms with Gasteiger partial charge >= 0.3 is 0 Å². The van der Waals surface area contributed by atoms with Gasteiger partial charge in [0.05, 0.1) is 11.5 Å². The van der Waals surface area contributed by atoms with Crippen molar-refractivity contribution in [1.29, 1.82) is 5.26 Å². The summed E-state index contributed by atoms with van der Waals surface area (Å²) in [6, 6.07) is 23.0. The molecular weight excluding hydrogens is 206 g/mol. The van der Waals surface area contributed by atoms with Crippen molar-refractivity contribution in [3.05, 3.63) is 71.8 Å². The number of nitrogens with zero attached hydrogens (tertiary/aromatic N) is 1. The summed E-state index contributed by atoms with van der Waals surface area (Å²) in [4.78, 5) is 0. The summed E-state index contributed by atoms with van der Waals surface area (Å²) in [5.74, 6) is 0.358. The standard InChI is InChI=1S/C16H13N/c17-12-16(14-9-5-2-6-10-14)11-15(16)13-7-3-1-4-8-13/h1-10,15H,11H2. The van der Waals surface area contributed by atoms with Crippen molar-refractivity contribution in [2.24, 2.45) is 0 Å². The predicted octanol–water partition coefficient (Wildman–Crippen LogP) is 3.64. The van der Waals surface area contributed by atoms with E-state index in [1.165, 1.54) is 5.56 Å². The van der Waals surface area contributed by atoms with Gasteiger partial charge in [0.2, 0.25) is 0 Å². The SMILES string of the molecule is N#CC1(c2ccccc2)CC1c1ccccc1. The Morgan fingerprint density at radius 2 is 1.53 bits per heavy atom. The monoisotopic (exact) mass is 219 g/mol. The Morgan fingerprint density at radius 1 is 0.941 bits per heavy atom. The third-order valence-electron chi connectivity index (χ3n) is 3.65. The summed E-state index contributed by atoms with van der Waals surface area (Å²) in [6.07, 6.45) is 0.942. The van der Waals surface area contributed by atoms with Crippen LogP contribution >= 0.6 is 0 Å². The van der Waals surface area contributed by atoms with Crippen LogP contribution in [0.5, 0.6) is 0 Å². The van der Waals surface area contributed by atoms with Crippen molar-refractivity contribution in [2.45, 2.75) is 17.8 Å². The lowest BCUT2D eigenvalue weighted by Gasteiger charge is -2.08. The zero-order chi connectivity index (χ0) is 11.7. The average Bonchev–Trinajstić information content (AvgIpc) is 3.17. The van der Waals surface area contributed by atoms with Gasteiger partial charge in [-0.25, -0.2) is 0 Å². The highest BCUT2D eigenvalue weighted by Crippen LogP contribution is 2.59. The highest BCUT2D eigenvalue weighted by Gasteiger charge is 2.56. The third-order valence-corrected chi connectivity index (χ3v) is 3.65. The molecule has 1 aliphatic rings. The molecule has 1 nitrogen and oxygen atoms in total. The smallest absolute Gasteiger partial charge is 0.0897 e. The number of benzene rings is 2. The Bertz CT molecular complexity index is 553. The molecule has 1 aliphatic carbocycles. The molecule has 0 radical (unpaired) electrons. The molecule has 0 spiro atoms. The van der Waals surface area contributed by atoms with Gasteiger partial charge in [0.1, 0.15) is 0 Å². The fraction of sp³-hybridized carbons (Fsp3) is 0.188. The lowest BCUT2D eigenvalue weighted by atomic mass is 9.92. The first-order valence-electron chi connectivity index (χ1n) is 5.88. The maximum absolute atomic E-state index is 9.49. The van der Waals surface area contributed by atoms with E-state index >= 15 is 0 Å². The topological polar surface area (TPSA) is 23.8 Å². The van der Waals surface area contributed by atoms with Crippen molar-refractivity contribution >= 4 is 0 Å². The van der Waals surface area contributed by atoms with E-state index in [9.17, 15) is 5.26 Å². The van der Waals surface area contributed by atoms with E-state index in [-0.39, 0.29) is 5.41 Å². The summed E-state index contributed by atoms with van der Waals surface area (Å²) >= 11 is 0. The molecule has 3 rings (SSSR count). The van der Waals surface area contributed by atoms with E-state index < -0.39 is 0 Å². The van der Waals surface area contributed by atoms with Crippen molar-refractivity contribution < 1.29 is 0 Å². The number of nitriles is 1. The van der Waals surface area contributed by atoms with Crippen LogP contribution in [-0.2, 0) is 5.41 Å². The quantitative estimate of drug-likeness (QED) is 0.756. The van der Waals surface area contributed by atoms with E-state index in [2.05, 4.69) is 30.3 Å². The molecule has 1 saturated carbocycles. The van der Waals surface area contributed by atoms with E-state index in [4.69, 9.17) is 0 Å². The largest absolute Gasteiger partial charge is 0.197 e. The van der Waals surface area contributed by atoms with Crippen LogP contribution in [0, 0.1) is 11.3 Å². The molecule has 0 saturated heterocycles. The Hall–Kier alpha value is -2.07. The Morgan fingerprint density at radius 3 is 2.12 bits per heavy atom. The molecule has 82 valence electrons. The zero-order valence-electron chi connectivity index (χ0n) is 9.51. The first kappa shape index (κ1) is 10.1. The van der Waals surface area contributed by atoms with Gasteiger partial charge in [-0.2, -0.15) is 5.26 Å². The van der Waals surface area contributed by atoms with Gasteiger partial charge in [0, 0.05) is 5.92 Å². The maximum atomic E-state index is 9.49.